The van der Waals surface area contributed by atoms with E-state index in [2.05, 4.69) is 10.6 Å². The van der Waals surface area contributed by atoms with Crippen molar-refractivity contribution in [1.29, 1.82) is 0 Å². The fourth-order valence-corrected chi connectivity index (χ4v) is 4.92. The molecular formula is C23H30Cl2N2O6. The number of carbonyl (C=O) groups is 4. The Morgan fingerprint density at radius 2 is 1.70 bits per heavy atom. The van der Waals surface area contributed by atoms with Crippen LogP contribution in [-0.4, -0.2) is 46.6 Å². The van der Waals surface area contributed by atoms with Crippen molar-refractivity contribution >= 4 is 47.0 Å². The van der Waals surface area contributed by atoms with Crippen LogP contribution in [-0.2, 0) is 14.4 Å². The normalized spacial score (nSPS) is 22.4. The van der Waals surface area contributed by atoms with Gasteiger partial charge in [-0.3, -0.25) is 14.4 Å². The number of hydrogen-bond donors (Lipinski definition) is 4. The number of carbonyl (C=O) groups excluding carboxylic acids is 2. The number of amides is 2. The topological polar surface area (TPSA) is 133 Å². The second-order valence-electron chi connectivity index (χ2n) is 9.20. The maximum absolute atomic E-state index is 12.8. The molecule has 2 rings (SSSR count). The van der Waals surface area contributed by atoms with Crippen molar-refractivity contribution in [2.45, 2.75) is 58.9 Å². The number of carboxylic acid groups (broad SMARTS) is 2. The van der Waals surface area contributed by atoms with Gasteiger partial charge < -0.3 is 20.8 Å². The highest BCUT2D eigenvalue weighted by Crippen LogP contribution is 2.56. The standard InChI is InChI=1S/C23H30Cl2N2O6/c1-22(2)13(10-11-23(22,3)21(32)33)18(28)27-16(20(30)31)9-4-5-12-26-19(29)17-14(24)7-6-8-15(17)25/h6-8,13,16H,4-5,9-12H2,1-3H3,(H,26,29)(H,27,28)(H,30,31)(H,32,33)/t13-,16-,23-/m1/s1. The number of benzene rings is 1. The van der Waals surface area contributed by atoms with Crippen LogP contribution < -0.4 is 10.6 Å². The van der Waals surface area contributed by atoms with Crippen LogP contribution in [0.2, 0.25) is 10.0 Å². The number of nitrogens with one attached hydrogen (secondary N) is 2. The third-order valence-electron chi connectivity index (χ3n) is 7.02. The summed E-state index contributed by atoms with van der Waals surface area (Å²) in [5.41, 5.74) is -1.70. The Labute approximate surface area is 203 Å². The smallest absolute Gasteiger partial charge is 0.326 e. The van der Waals surface area contributed by atoms with Crippen LogP contribution in [0.25, 0.3) is 0 Å². The van der Waals surface area contributed by atoms with Gasteiger partial charge in [-0.25, -0.2) is 4.79 Å². The zero-order valence-electron chi connectivity index (χ0n) is 18.9. The Morgan fingerprint density at radius 1 is 1.09 bits per heavy atom. The van der Waals surface area contributed by atoms with Crippen LogP contribution in [0.5, 0.6) is 0 Å². The molecule has 33 heavy (non-hydrogen) atoms. The number of aliphatic carboxylic acids is 2. The van der Waals surface area contributed by atoms with E-state index < -0.39 is 46.5 Å². The Kier molecular flexibility index (Phi) is 8.76. The summed E-state index contributed by atoms with van der Waals surface area (Å²) in [5.74, 6) is -3.58. The molecule has 3 atom stereocenters. The molecule has 0 unspecified atom stereocenters. The van der Waals surface area contributed by atoms with Crippen LogP contribution in [0.3, 0.4) is 0 Å². The maximum atomic E-state index is 12.8. The van der Waals surface area contributed by atoms with Gasteiger partial charge in [-0.05, 0) is 56.6 Å². The van der Waals surface area contributed by atoms with Crippen molar-refractivity contribution in [2.24, 2.45) is 16.7 Å². The van der Waals surface area contributed by atoms with Gasteiger partial charge in [-0.15, -0.1) is 0 Å². The second-order valence-corrected chi connectivity index (χ2v) is 10.0. The molecule has 0 bridgehead atoms. The third-order valence-corrected chi connectivity index (χ3v) is 7.65. The van der Waals surface area contributed by atoms with Crippen LogP contribution >= 0.6 is 23.2 Å². The van der Waals surface area contributed by atoms with E-state index in [0.717, 1.165) is 0 Å². The van der Waals surface area contributed by atoms with Crippen molar-refractivity contribution in [1.82, 2.24) is 10.6 Å². The molecule has 1 aliphatic carbocycles. The largest absolute Gasteiger partial charge is 0.481 e. The van der Waals surface area contributed by atoms with E-state index in [1.165, 1.54) is 0 Å². The minimum atomic E-state index is -1.16. The average Bonchev–Trinajstić information content (AvgIpc) is 2.96. The summed E-state index contributed by atoms with van der Waals surface area (Å²) < 4.78 is 0. The molecule has 0 aromatic heterocycles. The lowest BCUT2D eigenvalue weighted by molar-refractivity contribution is -0.155. The Bertz CT molecular complexity index is 915. The van der Waals surface area contributed by atoms with Gasteiger partial charge in [-0.2, -0.15) is 0 Å². The molecule has 1 saturated carbocycles. The van der Waals surface area contributed by atoms with Gasteiger partial charge in [0.1, 0.15) is 6.04 Å². The van der Waals surface area contributed by atoms with E-state index in [-0.39, 0.29) is 28.6 Å². The number of rotatable bonds is 10. The third kappa shape index (κ3) is 5.79. The number of carboxylic acids is 2. The lowest BCUT2D eigenvalue weighted by atomic mass is 9.65. The summed E-state index contributed by atoms with van der Waals surface area (Å²) in [4.78, 5) is 48.5. The highest BCUT2D eigenvalue weighted by Gasteiger charge is 2.58. The van der Waals surface area contributed by atoms with Gasteiger partial charge in [0.2, 0.25) is 5.91 Å². The van der Waals surface area contributed by atoms with E-state index in [1.807, 2.05) is 0 Å². The molecule has 10 heteroatoms. The van der Waals surface area contributed by atoms with Crippen molar-refractivity contribution in [3.63, 3.8) is 0 Å². The lowest BCUT2D eigenvalue weighted by Gasteiger charge is -2.38. The summed E-state index contributed by atoms with van der Waals surface area (Å²) >= 11 is 12.0. The fourth-order valence-electron chi connectivity index (χ4n) is 4.35. The van der Waals surface area contributed by atoms with Crippen molar-refractivity contribution < 1.29 is 29.4 Å². The molecule has 8 nitrogen and oxygen atoms in total. The second kappa shape index (κ2) is 10.7. The Morgan fingerprint density at radius 3 is 2.21 bits per heavy atom. The number of halogens is 2. The summed E-state index contributed by atoms with van der Waals surface area (Å²) in [7, 11) is 0. The molecule has 1 aliphatic rings. The molecule has 0 spiro atoms. The summed E-state index contributed by atoms with van der Waals surface area (Å²) in [6.07, 6.45) is 1.83. The number of unbranched alkanes of at least 4 members (excludes halogenated alkanes) is 1. The number of hydrogen-bond acceptors (Lipinski definition) is 4. The quantitative estimate of drug-likeness (QED) is 0.359. The first-order valence-corrected chi connectivity index (χ1v) is 11.6. The fraction of sp³-hybridized carbons (Fsp3) is 0.565. The maximum Gasteiger partial charge on any atom is 0.326 e. The molecule has 1 fully saturated rings. The minimum Gasteiger partial charge on any atom is -0.481 e. The van der Waals surface area contributed by atoms with E-state index in [4.69, 9.17) is 23.2 Å². The first-order valence-electron chi connectivity index (χ1n) is 10.8. The van der Waals surface area contributed by atoms with E-state index in [0.29, 0.717) is 25.7 Å². The van der Waals surface area contributed by atoms with Crippen molar-refractivity contribution in [2.75, 3.05) is 6.54 Å². The summed E-state index contributed by atoms with van der Waals surface area (Å²) in [6.45, 7) is 5.39. The van der Waals surface area contributed by atoms with E-state index >= 15 is 0 Å². The predicted octanol–water partition coefficient (Wildman–Crippen LogP) is 3.99. The monoisotopic (exact) mass is 500 g/mol. The molecule has 1 aromatic carbocycles. The molecule has 0 radical (unpaired) electrons. The summed E-state index contributed by atoms with van der Waals surface area (Å²) in [6, 6.07) is 3.66. The van der Waals surface area contributed by atoms with E-state index in [1.54, 1.807) is 39.0 Å². The molecule has 0 saturated heterocycles. The highest BCUT2D eigenvalue weighted by atomic mass is 35.5. The molecule has 182 valence electrons. The SMILES string of the molecule is CC1(C)[C@@H](C(=O)N[C@H](CCCCNC(=O)c2c(Cl)cccc2Cl)C(=O)O)CC[C@]1(C)C(=O)O. The Balaban J connectivity index is 1.87. The highest BCUT2D eigenvalue weighted by molar-refractivity contribution is 6.39. The first-order chi connectivity index (χ1) is 15.3. The molecule has 1 aromatic rings. The van der Waals surface area contributed by atoms with Gasteiger partial charge in [0.15, 0.2) is 0 Å². The van der Waals surface area contributed by atoms with Gasteiger partial charge in [0, 0.05) is 12.5 Å². The van der Waals surface area contributed by atoms with Crippen LogP contribution in [0.15, 0.2) is 18.2 Å². The summed E-state index contributed by atoms with van der Waals surface area (Å²) in [5, 5.41) is 24.9. The minimum absolute atomic E-state index is 0.174. The molecular weight excluding hydrogens is 471 g/mol. The molecule has 2 amide bonds. The van der Waals surface area contributed by atoms with Crippen LogP contribution in [0, 0.1) is 16.7 Å². The average molecular weight is 501 g/mol. The molecule has 0 aliphatic heterocycles. The zero-order chi connectivity index (χ0) is 25.0. The van der Waals surface area contributed by atoms with Gasteiger partial charge in [0.25, 0.3) is 5.91 Å². The molecule has 0 heterocycles. The van der Waals surface area contributed by atoms with Gasteiger partial charge >= 0.3 is 11.9 Å². The lowest BCUT2D eigenvalue weighted by Crippen LogP contribution is -2.49. The molecule has 4 N–H and O–H groups in total. The predicted molar refractivity (Wildman–Crippen MR) is 124 cm³/mol. The Hall–Kier alpha value is -2.32. The first kappa shape index (κ1) is 26.9. The van der Waals surface area contributed by atoms with Crippen molar-refractivity contribution in [3.05, 3.63) is 33.8 Å². The van der Waals surface area contributed by atoms with Gasteiger partial charge in [-0.1, -0.05) is 43.1 Å². The van der Waals surface area contributed by atoms with Gasteiger partial charge in [0.05, 0.1) is 21.0 Å². The van der Waals surface area contributed by atoms with Crippen LogP contribution in [0.4, 0.5) is 0 Å². The zero-order valence-corrected chi connectivity index (χ0v) is 20.4. The van der Waals surface area contributed by atoms with Crippen LogP contribution in [0.1, 0.15) is 63.2 Å². The van der Waals surface area contributed by atoms with Crippen molar-refractivity contribution in [3.8, 4) is 0 Å². The van der Waals surface area contributed by atoms with E-state index in [9.17, 15) is 29.4 Å².